The summed E-state index contributed by atoms with van der Waals surface area (Å²) in [4.78, 5) is 1.03. The Bertz CT molecular complexity index is 334. The average molecular weight is 277 g/mol. The fourth-order valence-corrected chi connectivity index (χ4v) is 1.98. The van der Waals surface area contributed by atoms with E-state index in [1.807, 2.05) is 31.4 Å². The fourth-order valence-electron chi connectivity index (χ4n) is 1.17. The summed E-state index contributed by atoms with van der Waals surface area (Å²) in [6.45, 7) is 3.92. The van der Waals surface area contributed by atoms with E-state index < -0.39 is 0 Å². The molecule has 0 aromatic heterocycles. The van der Waals surface area contributed by atoms with Gasteiger partial charge in [0.05, 0.1) is 11.5 Å². The number of thioether (sulfide) groups is 1. The van der Waals surface area contributed by atoms with Crippen molar-refractivity contribution in [3.8, 4) is 5.75 Å². The SMILES string of the molecule is CCOCOCCOc1ccc(Cl)cc1SC. The Labute approximate surface area is 111 Å². The van der Waals surface area contributed by atoms with Crippen LogP contribution in [0.3, 0.4) is 0 Å². The van der Waals surface area contributed by atoms with Gasteiger partial charge in [-0.05, 0) is 31.4 Å². The maximum absolute atomic E-state index is 5.90. The van der Waals surface area contributed by atoms with Crippen LogP contribution >= 0.6 is 23.4 Å². The first-order valence-electron chi connectivity index (χ1n) is 5.39. The maximum atomic E-state index is 5.90. The van der Waals surface area contributed by atoms with Crippen LogP contribution < -0.4 is 4.74 Å². The summed E-state index contributed by atoms with van der Waals surface area (Å²) in [5.74, 6) is 0.835. The molecule has 5 heteroatoms. The predicted octanol–water partition coefficient (Wildman–Crippen LogP) is 3.45. The summed E-state index contributed by atoms with van der Waals surface area (Å²) in [7, 11) is 0. The van der Waals surface area contributed by atoms with Crippen molar-refractivity contribution in [2.45, 2.75) is 11.8 Å². The van der Waals surface area contributed by atoms with Crippen LogP contribution in [0.1, 0.15) is 6.92 Å². The molecule has 0 aliphatic carbocycles. The van der Waals surface area contributed by atoms with E-state index in [4.69, 9.17) is 25.8 Å². The van der Waals surface area contributed by atoms with E-state index in [0.29, 0.717) is 31.6 Å². The van der Waals surface area contributed by atoms with Gasteiger partial charge < -0.3 is 14.2 Å². The molecule has 1 aromatic carbocycles. The highest BCUT2D eigenvalue weighted by atomic mass is 35.5. The van der Waals surface area contributed by atoms with E-state index in [-0.39, 0.29) is 0 Å². The van der Waals surface area contributed by atoms with Crippen LogP contribution in [0, 0.1) is 0 Å². The molecule has 96 valence electrons. The van der Waals surface area contributed by atoms with Crippen molar-refractivity contribution < 1.29 is 14.2 Å². The average Bonchev–Trinajstić information content (AvgIpc) is 2.35. The Kier molecular flexibility index (Phi) is 7.44. The smallest absolute Gasteiger partial charge is 0.146 e. The van der Waals surface area contributed by atoms with Crippen molar-refractivity contribution in [1.82, 2.24) is 0 Å². The molecule has 17 heavy (non-hydrogen) atoms. The van der Waals surface area contributed by atoms with E-state index >= 15 is 0 Å². The molecule has 0 spiro atoms. The summed E-state index contributed by atoms with van der Waals surface area (Å²) in [6, 6.07) is 5.58. The zero-order valence-electron chi connectivity index (χ0n) is 10.1. The van der Waals surface area contributed by atoms with Gasteiger partial charge >= 0.3 is 0 Å². The van der Waals surface area contributed by atoms with Gasteiger partial charge in [-0.25, -0.2) is 0 Å². The van der Waals surface area contributed by atoms with Crippen LogP contribution in [-0.2, 0) is 9.47 Å². The van der Waals surface area contributed by atoms with E-state index in [9.17, 15) is 0 Å². The molecule has 0 saturated heterocycles. The Balaban J connectivity index is 2.31. The number of ether oxygens (including phenoxy) is 3. The van der Waals surface area contributed by atoms with Gasteiger partial charge in [0.25, 0.3) is 0 Å². The first-order chi connectivity index (χ1) is 8.27. The Hall–Kier alpha value is -0.420. The van der Waals surface area contributed by atoms with Crippen molar-refractivity contribution >= 4 is 23.4 Å². The second-order valence-electron chi connectivity index (χ2n) is 3.16. The fraction of sp³-hybridized carbons (Fsp3) is 0.500. The minimum Gasteiger partial charge on any atom is -0.490 e. The molecular weight excluding hydrogens is 260 g/mol. The third kappa shape index (κ3) is 5.64. The molecule has 0 heterocycles. The second kappa shape index (κ2) is 8.64. The maximum Gasteiger partial charge on any atom is 0.146 e. The van der Waals surface area contributed by atoms with Gasteiger partial charge in [-0.3, -0.25) is 0 Å². The molecule has 0 aliphatic rings. The quantitative estimate of drug-likeness (QED) is 0.413. The molecule has 0 unspecified atom stereocenters. The van der Waals surface area contributed by atoms with E-state index in [0.717, 1.165) is 10.6 Å². The van der Waals surface area contributed by atoms with Gasteiger partial charge in [0.2, 0.25) is 0 Å². The number of hydrogen-bond acceptors (Lipinski definition) is 4. The molecule has 1 aromatic rings. The van der Waals surface area contributed by atoms with Crippen LogP contribution in [0.4, 0.5) is 0 Å². The lowest BCUT2D eigenvalue weighted by Crippen LogP contribution is -2.09. The van der Waals surface area contributed by atoms with Crippen molar-refractivity contribution in [3.05, 3.63) is 23.2 Å². The van der Waals surface area contributed by atoms with Crippen LogP contribution in [-0.4, -0.2) is 32.9 Å². The molecule has 0 radical (unpaired) electrons. The molecule has 3 nitrogen and oxygen atoms in total. The highest BCUT2D eigenvalue weighted by Crippen LogP contribution is 2.30. The normalized spacial score (nSPS) is 10.5. The zero-order chi connectivity index (χ0) is 12.5. The van der Waals surface area contributed by atoms with Crippen molar-refractivity contribution in [2.75, 3.05) is 32.9 Å². The lowest BCUT2D eigenvalue weighted by Gasteiger charge is -2.10. The number of rotatable bonds is 8. The first kappa shape index (κ1) is 14.6. The number of halogens is 1. The lowest BCUT2D eigenvalue weighted by molar-refractivity contribution is -0.0562. The van der Waals surface area contributed by atoms with Gasteiger partial charge in [0.15, 0.2) is 0 Å². The van der Waals surface area contributed by atoms with Crippen LogP contribution in [0.5, 0.6) is 5.75 Å². The van der Waals surface area contributed by atoms with Crippen molar-refractivity contribution in [1.29, 1.82) is 0 Å². The molecule has 0 bridgehead atoms. The van der Waals surface area contributed by atoms with Crippen molar-refractivity contribution in [3.63, 3.8) is 0 Å². The second-order valence-corrected chi connectivity index (χ2v) is 4.45. The summed E-state index contributed by atoms with van der Waals surface area (Å²) in [5, 5.41) is 0.717. The van der Waals surface area contributed by atoms with Gasteiger partial charge in [-0.1, -0.05) is 11.6 Å². The third-order valence-electron chi connectivity index (χ3n) is 1.98. The number of hydrogen-bond donors (Lipinski definition) is 0. The molecule has 0 amide bonds. The monoisotopic (exact) mass is 276 g/mol. The summed E-state index contributed by atoms with van der Waals surface area (Å²) in [5.41, 5.74) is 0. The highest BCUT2D eigenvalue weighted by molar-refractivity contribution is 7.98. The molecule has 0 saturated carbocycles. The van der Waals surface area contributed by atoms with Gasteiger partial charge in [-0.2, -0.15) is 0 Å². The largest absolute Gasteiger partial charge is 0.490 e. The summed E-state index contributed by atoms with van der Waals surface area (Å²) >= 11 is 7.51. The minimum atomic E-state index is 0.315. The topological polar surface area (TPSA) is 27.7 Å². The molecule has 0 N–H and O–H groups in total. The van der Waals surface area contributed by atoms with E-state index in [1.54, 1.807) is 11.8 Å². The first-order valence-corrected chi connectivity index (χ1v) is 7.00. The van der Waals surface area contributed by atoms with Gasteiger partial charge in [-0.15, -0.1) is 11.8 Å². The molecule has 0 atom stereocenters. The Morgan fingerprint density at radius 2 is 2.06 bits per heavy atom. The predicted molar refractivity (Wildman–Crippen MR) is 71.2 cm³/mol. The van der Waals surface area contributed by atoms with Gasteiger partial charge in [0, 0.05) is 11.6 Å². The standard InChI is InChI=1S/C12H17ClO3S/c1-3-14-9-15-6-7-16-11-5-4-10(13)8-12(11)17-2/h4-5,8H,3,6-7,9H2,1-2H3. The van der Waals surface area contributed by atoms with Gasteiger partial charge in [0.1, 0.15) is 19.1 Å². The Morgan fingerprint density at radius 1 is 1.24 bits per heavy atom. The summed E-state index contributed by atoms with van der Waals surface area (Å²) in [6.07, 6.45) is 1.99. The highest BCUT2D eigenvalue weighted by Gasteiger charge is 2.03. The Morgan fingerprint density at radius 3 is 2.76 bits per heavy atom. The van der Waals surface area contributed by atoms with E-state index in [1.165, 1.54) is 0 Å². The summed E-state index contributed by atoms with van der Waals surface area (Å²) < 4.78 is 15.9. The molecule has 0 fully saturated rings. The molecular formula is C12H17ClO3S. The zero-order valence-corrected chi connectivity index (χ0v) is 11.6. The van der Waals surface area contributed by atoms with Crippen LogP contribution in [0.2, 0.25) is 5.02 Å². The number of benzene rings is 1. The van der Waals surface area contributed by atoms with E-state index in [2.05, 4.69) is 0 Å². The van der Waals surface area contributed by atoms with Crippen molar-refractivity contribution in [2.24, 2.45) is 0 Å². The lowest BCUT2D eigenvalue weighted by atomic mass is 10.3. The molecule has 0 aliphatic heterocycles. The van der Waals surface area contributed by atoms with Crippen LogP contribution in [0.15, 0.2) is 23.1 Å². The third-order valence-corrected chi connectivity index (χ3v) is 2.98. The van der Waals surface area contributed by atoms with Crippen LogP contribution in [0.25, 0.3) is 0 Å². The molecule has 1 rings (SSSR count). The minimum absolute atomic E-state index is 0.315.